The van der Waals surface area contributed by atoms with E-state index in [1.165, 1.54) is 28.9 Å². The van der Waals surface area contributed by atoms with Crippen LogP contribution < -0.4 is 5.32 Å². The first-order valence-electron chi connectivity index (χ1n) is 7.68. The fourth-order valence-electron chi connectivity index (χ4n) is 2.36. The number of halogens is 5. The van der Waals surface area contributed by atoms with Gasteiger partial charge in [-0.05, 0) is 51.8 Å². The van der Waals surface area contributed by atoms with Gasteiger partial charge in [-0.3, -0.25) is 9.48 Å². The van der Waals surface area contributed by atoms with Crippen LogP contribution in [0.25, 0.3) is 0 Å². The molecule has 0 unspecified atom stereocenters. The molecule has 0 aliphatic heterocycles. The van der Waals surface area contributed by atoms with Crippen molar-refractivity contribution in [1.29, 1.82) is 0 Å². The van der Waals surface area contributed by atoms with E-state index in [1.54, 1.807) is 18.3 Å². The van der Waals surface area contributed by atoms with Crippen LogP contribution in [0, 0.1) is 5.82 Å². The van der Waals surface area contributed by atoms with Gasteiger partial charge < -0.3 is 5.32 Å². The Hall–Kier alpha value is -2.68. The van der Waals surface area contributed by atoms with Crippen molar-refractivity contribution in [3.63, 3.8) is 0 Å². The molecule has 3 rings (SSSR count). The van der Waals surface area contributed by atoms with Gasteiger partial charge in [0.25, 0.3) is 5.91 Å². The number of carbonyl (C=O) groups is 1. The summed E-state index contributed by atoms with van der Waals surface area (Å²) in [7, 11) is 0. The number of rotatable bonds is 4. The van der Waals surface area contributed by atoms with Crippen LogP contribution in [0.15, 0.2) is 59.2 Å². The van der Waals surface area contributed by atoms with E-state index in [9.17, 15) is 22.4 Å². The molecule has 2 aromatic carbocycles. The number of amides is 1. The lowest BCUT2D eigenvalue weighted by atomic mass is 10.1. The third-order valence-corrected chi connectivity index (χ3v) is 4.24. The highest BCUT2D eigenvalue weighted by molar-refractivity contribution is 9.10. The van der Waals surface area contributed by atoms with Gasteiger partial charge in [-0.25, -0.2) is 4.39 Å². The van der Waals surface area contributed by atoms with Crippen LogP contribution in [-0.4, -0.2) is 15.7 Å². The summed E-state index contributed by atoms with van der Waals surface area (Å²) < 4.78 is 53.3. The number of anilines is 1. The minimum absolute atomic E-state index is 0.134. The van der Waals surface area contributed by atoms with Crippen molar-refractivity contribution < 1.29 is 22.4 Å². The maximum atomic E-state index is 13.0. The Kier molecular flexibility index (Phi) is 5.31. The van der Waals surface area contributed by atoms with Gasteiger partial charge in [-0.2, -0.15) is 18.3 Å². The second kappa shape index (κ2) is 7.51. The molecule has 0 aliphatic rings. The first-order valence-corrected chi connectivity index (χ1v) is 8.48. The van der Waals surface area contributed by atoms with Gasteiger partial charge in [0.2, 0.25) is 0 Å². The smallest absolute Gasteiger partial charge is 0.304 e. The zero-order valence-corrected chi connectivity index (χ0v) is 15.2. The molecule has 9 heteroatoms. The Bertz CT molecular complexity index is 967. The molecular weight excluding hydrogens is 430 g/mol. The van der Waals surface area contributed by atoms with E-state index in [0.29, 0.717) is 11.0 Å². The average molecular weight is 442 g/mol. The van der Waals surface area contributed by atoms with Gasteiger partial charge in [0, 0.05) is 11.8 Å². The van der Waals surface area contributed by atoms with Crippen molar-refractivity contribution in [3.8, 4) is 0 Å². The number of nitrogens with zero attached hydrogens (tertiary/aromatic N) is 2. The monoisotopic (exact) mass is 441 g/mol. The van der Waals surface area contributed by atoms with Crippen molar-refractivity contribution in [2.45, 2.75) is 12.7 Å². The summed E-state index contributed by atoms with van der Waals surface area (Å²) in [4.78, 5) is 12.3. The van der Waals surface area contributed by atoms with Gasteiger partial charge >= 0.3 is 6.18 Å². The van der Waals surface area contributed by atoms with E-state index in [1.807, 2.05) is 0 Å². The minimum atomic E-state index is -4.53. The summed E-state index contributed by atoms with van der Waals surface area (Å²) >= 11 is 3.25. The van der Waals surface area contributed by atoms with Crippen LogP contribution in [0.5, 0.6) is 0 Å². The fourth-order valence-corrected chi connectivity index (χ4v) is 2.77. The molecule has 0 spiro atoms. The zero-order chi connectivity index (χ0) is 19.6. The van der Waals surface area contributed by atoms with Crippen LogP contribution in [-0.2, 0) is 12.7 Å². The van der Waals surface area contributed by atoms with Crippen molar-refractivity contribution >= 4 is 27.7 Å². The second-order valence-electron chi connectivity index (χ2n) is 5.68. The molecule has 1 N–H and O–H groups in total. The average Bonchev–Trinajstić information content (AvgIpc) is 2.95. The molecule has 1 aromatic heterocycles. The lowest BCUT2D eigenvalue weighted by Crippen LogP contribution is -2.15. The van der Waals surface area contributed by atoms with E-state index < -0.39 is 17.6 Å². The molecule has 0 atom stereocenters. The summed E-state index contributed by atoms with van der Waals surface area (Å²) in [5.41, 5.74) is -0.247. The fraction of sp³-hybridized carbons (Fsp3) is 0.111. The number of alkyl halides is 3. The first-order chi connectivity index (χ1) is 12.7. The molecule has 0 saturated carbocycles. The molecule has 140 valence electrons. The van der Waals surface area contributed by atoms with Crippen molar-refractivity contribution in [2.75, 3.05) is 5.32 Å². The first kappa shape index (κ1) is 19.1. The zero-order valence-electron chi connectivity index (χ0n) is 13.6. The lowest BCUT2D eigenvalue weighted by Gasteiger charge is -2.08. The Morgan fingerprint density at radius 1 is 1.15 bits per heavy atom. The molecule has 1 heterocycles. The maximum Gasteiger partial charge on any atom is 0.416 e. The predicted octanol–water partition coefficient (Wildman–Crippen LogP) is 5.10. The molecule has 0 fully saturated rings. The van der Waals surface area contributed by atoms with E-state index in [2.05, 4.69) is 26.3 Å². The topological polar surface area (TPSA) is 46.9 Å². The lowest BCUT2D eigenvalue weighted by molar-refractivity contribution is -0.137. The van der Waals surface area contributed by atoms with E-state index in [4.69, 9.17) is 0 Å². The van der Waals surface area contributed by atoms with Gasteiger partial charge in [0.15, 0.2) is 5.82 Å². The standard InChI is InChI=1S/C18H12BrF4N3O/c19-15-10-26(9-11-4-6-14(20)7-5-11)25-16(15)24-17(27)12-2-1-3-13(8-12)18(21,22)23/h1-8,10H,9H2,(H,24,25,27). The molecule has 1 amide bonds. The highest BCUT2D eigenvalue weighted by Crippen LogP contribution is 2.30. The Morgan fingerprint density at radius 3 is 2.52 bits per heavy atom. The van der Waals surface area contributed by atoms with Gasteiger partial charge in [-0.15, -0.1) is 0 Å². The number of hydrogen-bond acceptors (Lipinski definition) is 2. The molecule has 4 nitrogen and oxygen atoms in total. The molecule has 3 aromatic rings. The Balaban J connectivity index is 1.75. The number of aromatic nitrogens is 2. The molecule has 0 aliphatic carbocycles. The highest BCUT2D eigenvalue weighted by Gasteiger charge is 2.31. The van der Waals surface area contributed by atoms with Crippen LogP contribution in [0.4, 0.5) is 23.4 Å². The van der Waals surface area contributed by atoms with Crippen LogP contribution in [0.2, 0.25) is 0 Å². The third kappa shape index (κ3) is 4.73. The number of nitrogens with one attached hydrogen (secondary N) is 1. The van der Waals surface area contributed by atoms with E-state index in [-0.39, 0.29) is 17.2 Å². The Morgan fingerprint density at radius 2 is 1.85 bits per heavy atom. The molecule has 0 bridgehead atoms. The number of benzene rings is 2. The van der Waals surface area contributed by atoms with Crippen molar-refractivity contribution in [1.82, 2.24) is 9.78 Å². The maximum absolute atomic E-state index is 13.0. The molecule has 27 heavy (non-hydrogen) atoms. The van der Waals surface area contributed by atoms with Crippen molar-refractivity contribution in [2.24, 2.45) is 0 Å². The molecule has 0 saturated heterocycles. The van der Waals surface area contributed by atoms with Gasteiger partial charge in [-0.1, -0.05) is 18.2 Å². The number of carbonyl (C=O) groups excluding carboxylic acids is 1. The van der Waals surface area contributed by atoms with Crippen LogP contribution >= 0.6 is 15.9 Å². The van der Waals surface area contributed by atoms with Gasteiger partial charge in [0.05, 0.1) is 16.6 Å². The minimum Gasteiger partial charge on any atom is -0.304 e. The molecule has 0 radical (unpaired) electrons. The van der Waals surface area contributed by atoms with Crippen LogP contribution in [0.1, 0.15) is 21.5 Å². The van der Waals surface area contributed by atoms with Crippen molar-refractivity contribution in [3.05, 3.63) is 81.7 Å². The molecular formula is C18H12BrF4N3O. The predicted molar refractivity (Wildman–Crippen MR) is 94.8 cm³/mol. The van der Waals surface area contributed by atoms with E-state index >= 15 is 0 Å². The Labute approximate surface area is 159 Å². The summed E-state index contributed by atoms with van der Waals surface area (Å²) in [6.07, 6.45) is -2.93. The quantitative estimate of drug-likeness (QED) is 0.572. The largest absolute Gasteiger partial charge is 0.416 e. The van der Waals surface area contributed by atoms with Gasteiger partial charge in [0.1, 0.15) is 5.82 Å². The highest BCUT2D eigenvalue weighted by atomic mass is 79.9. The third-order valence-electron chi connectivity index (χ3n) is 3.66. The number of hydrogen-bond donors (Lipinski definition) is 1. The SMILES string of the molecule is O=C(Nc1nn(Cc2ccc(F)cc2)cc1Br)c1cccc(C(F)(F)F)c1. The summed E-state index contributed by atoms with van der Waals surface area (Å²) in [5.74, 6) is -0.900. The normalized spacial score (nSPS) is 11.4. The summed E-state index contributed by atoms with van der Waals surface area (Å²) in [6, 6.07) is 9.97. The van der Waals surface area contributed by atoms with Crippen LogP contribution in [0.3, 0.4) is 0 Å². The summed E-state index contributed by atoms with van der Waals surface area (Å²) in [6.45, 7) is 0.332. The van der Waals surface area contributed by atoms with E-state index in [0.717, 1.165) is 17.7 Å². The second-order valence-corrected chi connectivity index (χ2v) is 6.54. The summed E-state index contributed by atoms with van der Waals surface area (Å²) in [5, 5.41) is 6.66.